The first-order chi connectivity index (χ1) is 26.6. The molecule has 2 aromatic rings. The Morgan fingerprint density at radius 3 is 2.32 bits per heavy atom. The van der Waals surface area contributed by atoms with Gasteiger partial charge in [-0.1, -0.05) is 79.4 Å². The number of aliphatic carboxylic acids is 1. The van der Waals surface area contributed by atoms with Gasteiger partial charge >= 0.3 is 11.9 Å². The summed E-state index contributed by atoms with van der Waals surface area (Å²) in [4.78, 5) is 74.8. The normalized spacial score (nSPS) is 17.9. The number of rotatable bonds is 22. The Morgan fingerprint density at radius 1 is 1.04 bits per heavy atom. The highest BCUT2D eigenvalue weighted by atomic mass is 32.1. The molecule has 312 valence electrons. The summed E-state index contributed by atoms with van der Waals surface area (Å²) in [6, 6.07) is 3.82. The van der Waals surface area contributed by atoms with E-state index in [1.54, 1.807) is 24.4 Å². The maximum atomic E-state index is 14.8. The van der Waals surface area contributed by atoms with Gasteiger partial charge in [-0.25, -0.2) is 9.37 Å². The van der Waals surface area contributed by atoms with E-state index in [1.807, 2.05) is 39.6 Å². The van der Waals surface area contributed by atoms with Crippen LogP contribution in [0.25, 0.3) is 0 Å². The fourth-order valence-corrected chi connectivity index (χ4v) is 8.13. The van der Waals surface area contributed by atoms with E-state index in [4.69, 9.17) is 4.74 Å². The van der Waals surface area contributed by atoms with Gasteiger partial charge in [0, 0.05) is 37.4 Å². The molecule has 0 bridgehead atoms. The minimum Gasteiger partial charge on any atom is -0.481 e. The molecule has 1 fully saturated rings. The Hall–Kier alpha value is -3.91. The number of carbonyl (C=O) groups is 5. The van der Waals surface area contributed by atoms with Crippen LogP contribution in [0.3, 0.4) is 0 Å². The molecule has 56 heavy (non-hydrogen) atoms. The first-order valence-corrected chi connectivity index (χ1v) is 21.2. The highest BCUT2D eigenvalue weighted by Crippen LogP contribution is 2.32. The summed E-state index contributed by atoms with van der Waals surface area (Å²) in [6.45, 7) is 14.3. The van der Waals surface area contributed by atoms with Gasteiger partial charge in [0.25, 0.3) is 5.91 Å². The Labute approximate surface area is 336 Å². The summed E-state index contributed by atoms with van der Waals surface area (Å²) in [7, 11) is 1.95. The maximum Gasteiger partial charge on any atom is 0.306 e. The number of hydrogen-bond donors (Lipinski definition) is 3. The lowest BCUT2D eigenvalue weighted by Gasteiger charge is -2.40. The summed E-state index contributed by atoms with van der Waals surface area (Å²) < 4.78 is 19.4. The average molecular weight is 802 g/mol. The molecule has 2 heterocycles. The summed E-state index contributed by atoms with van der Waals surface area (Å²) in [5.41, 5.74) is 0.816. The molecule has 1 aliphatic heterocycles. The second-order valence-corrected chi connectivity index (χ2v) is 16.7. The van der Waals surface area contributed by atoms with Gasteiger partial charge in [0.05, 0.1) is 12.0 Å². The van der Waals surface area contributed by atoms with Crippen molar-refractivity contribution in [2.24, 2.45) is 17.8 Å². The van der Waals surface area contributed by atoms with E-state index in [9.17, 15) is 33.5 Å². The summed E-state index contributed by atoms with van der Waals surface area (Å²) >= 11 is 1.16. The molecular formula is C42H64FN5O7S. The zero-order valence-corrected chi connectivity index (χ0v) is 35.3. The molecular weight excluding hydrogens is 738 g/mol. The number of carboxylic acids is 1. The number of benzene rings is 1. The summed E-state index contributed by atoms with van der Waals surface area (Å²) in [5.74, 6) is -3.70. The van der Waals surface area contributed by atoms with Crippen molar-refractivity contribution < 1.29 is 38.2 Å². The molecule has 1 aromatic heterocycles. The van der Waals surface area contributed by atoms with Crippen molar-refractivity contribution in [2.75, 3.05) is 20.1 Å². The van der Waals surface area contributed by atoms with Gasteiger partial charge in [0.15, 0.2) is 6.10 Å². The number of hydrogen-bond acceptors (Lipinski definition) is 9. The standard InChI is InChI=1S/C42H64FN5O7S/c1-9-11-13-21-48(41(52)37(27(5)10-2)46-39(51)34-15-12-14-20-47(34)8)35(26(3)4)24-36(55-29(7)49)40-45-33(25-56-40)38(50)44-32(22-28(6)42(53)54)23-30-16-18-31(43)19-17-30/h16-19,25-28,32,34-37H,9-15,20-24H2,1-8H3,(H,44,50)(H,46,51)(H,53,54)/t27-,28-,32+,34?,35+,36+,37?/m0/s1. The highest BCUT2D eigenvalue weighted by Gasteiger charge is 2.38. The van der Waals surface area contributed by atoms with Crippen molar-refractivity contribution >= 4 is 41.0 Å². The third kappa shape index (κ3) is 13.9. The minimum atomic E-state index is -1.000. The predicted octanol–water partition coefficient (Wildman–Crippen LogP) is 6.79. The van der Waals surface area contributed by atoms with Crippen molar-refractivity contribution in [1.82, 2.24) is 25.4 Å². The summed E-state index contributed by atoms with van der Waals surface area (Å²) in [6.07, 6.45) is 5.82. The molecule has 0 aliphatic carbocycles. The number of unbranched alkanes of at least 4 members (excludes halogenated alkanes) is 2. The number of aromatic nitrogens is 1. The fourth-order valence-electron chi connectivity index (χ4n) is 7.29. The van der Waals surface area contributed by atoms with Gasteiger partial charge < -0.3 is 25.4 Å². The number of ether oxygens (including phenoxy) is 1. The number of amides is 3. The zero-order chi connectivity index (χ0) is 41.5. The number of nitrogens with one attached hydrogen (secondary N) is 2. The van der Waals surface area contributed by atoms with Crippen LogP contribution in [0.1, 0.15) is 133 Å². The third-order valence-corrected chi connectivity index (χ3v) is 11.8. The van der Waals surface area contributed by atoms with Crippen LogP contribution in [0, 0.1) is 23.6 Å². The van der Waals surface area contributed by atoms with E-state index in [0.29, 0.717) is 18.0 Å². The number of carboxylic acid groups (broad SMARTS) is 1. The molecule has 0 radical (unpaired) electrons. The molecule has 1 aromatic carbocycles. The second kappa shape index (κ2) is 22.7. The lowest BCUT2D eigenvalue weighted by atomic mass is 9.91. The molecule has 0 saturated carbocycles. The van der Waals surface area contributed by atoms with Crippen LogP contribution in [-0.4, -0.2) is 93.9 Å². The first kappa shape index (κ1) is 46.5. The van der Waals surface area contributed by atoms with E-state index in [0.717, 1.165) is 62.0 Å². The Bertz CT molecular complexity index is 1590. The van der Waals surface area contributed by atoms with Crippen LogP contribution in [0.5, 0.6) is 0 Å². The predicted molar refractivity (Wildman–Crippen MR) is 216 cm³/mol. The number of nitrogens with zero attached hydrogens (tertiary/aromatic N) is 3. The molecule has 2 unspecified atom stereocenters. The Balaban J connectivity index is 1.91. The van der Waals surface area contributed by atoms with Crippen molar-refractivity contribution in [3.8, 4) is 0 Å². The van der Waals surface area contributed by atoms with Crippen LogP contribution >= 0.6 is 11.3 Å². The van der Waals surface area contributed by atoms with Crippen LogP contribution in [0.15, 0.2) is 29.6 Å². The van der Waals surface area contributed by atoms with Crippen LogP contribution in [0.4, 0.5) is 4.39 Å². The Morgan fingerprint density at radius 2 is 1.73 bits per heavy atom. The molecule has 3 rings (SSSR count). The Kier molecular flexibility index (Phi) is 18.9. The SMILES string of the molecule is CCCCCN(C(=O)C(NC(=O)C1CCCCN1C)[C@@H](C)CC)[C@H](C[C@@H](OC(C)=O)c1nc(C(=O)N[C@@H](Cc2ccc(F)cc2)C[C@H](C)C(=O)O)cs1)C(C)C. The first-order valence-electron chi connectivity index (χ1n) is 20.3. The molecule has 7 atom stereocenters. The molecule has 3 amide bonds. The monoisotopic (exact) mass is 801 g/mol. The van der Waals surface area contributed by atoms with E-state index in [-0.39, 0.29) is 54.6 Å². The number of piperidine rings is 1. The van der Waals surface area contributed by atoms with Crippen molar-refractivity contribution in [3.05, 3.63) is 51.7 Å². The average Bonchev–Trinajstić information content (AvgIpc) is 3.65. The number of carbonyl (C=O) groups excluding carboxylic acids is 4. The van der Waals surface area contributed by atoms with Gasteiger partial charge in [-0.2, -0.15) is 0 Å². The van der Waals surface area contributed by atoms with Crippen molar-refractivity contribution in [3.63, 3.8) is 0 Å². The maximum absolute atomic E-state index is 14.8. The second-order valence-electron chi connectivity index (χ2n) is 15.8. The molecule has 12 nitrogen and oxygen atoms in total. The van der Waals surface area contributed by atoms with E-state index in [2.05, 4.69) is 27.4 Å². The highest BCUT2D eigenvalue weighted by molar-refractivity contribution is 7.09. The zero-order valence-electron chi connectivity index (χ0n) is 34.5. The molecule has 14 heteroatoms. The lowest BCUT2D eigenvalue weighted by Crippen LogP contribution is -2.59. The third-order valence-electron chi connectivity index (χ3n) is 10.9. The quantitative estimate of drug-likeness (QED) is 0.0862. The topological polar surface area (TPSA) is 158 Å². The van der Waals surface area contributed by atoms with E-state index in [1.165, 1.54) is 19.1 Å². The van der Waals surface area contributed by atoms with Gasteiger partial charge in [0.1, 0.15) is 22.6 Å². The number of likely N-dealkylation sites (tertiary alicyclic amines) is 1. The van der Waals surface area contributed by atoms with Gasteiger partial charge in [-0.05, 0) is 75.2 Å². The van der Waals surface area contributed by atoms with E-state index >= 15 is 0 Å². The van der Waals surface area contributed by atoms with Gasteiger partial charge in [-0.15, -0.1) is 11.3 Å². The molecule has 1 aliphatic rings. The van der Waals surface area contributed by atoms with Crippen LogP contribution in [0.2, 0.25) is 0 Å². The molecule has 0 spiro atoms. The largest absolute Gasteiger partial charge is 0.481 e. The lowest BCUT2D eigenvalue weighted by molar-refractivity contribution is -0.150. The number of likely N-dealkylation sites (N-methyl/N-ethyl adjacent to an activating group) is 1. The number of esters is 1. The molecule has 1 saturated heterocycles. The van der Waals surface area contributed by atoms with Crippen molar-refractivity contribution in [1.29, 1.82) is 0 Å². The molecule has 3 N–H and O–H groups in total. The van der Waals surface area contributed by atoms with Gasteiger partial charge in [-0.3, -0.25) is 28.9 Å². The fraction of sp³-hybridized carbons (Fsp3) is 0.667. The van der Waals surface area contributed by atoms with Crippen molar-refractivity contribution in [2.45, 2.75) is 143 Å². The van der Waals surface area contributed by atoms with E-state index < -0.39 is 53.8 Å². The minimum absolute atomic E-state index is 0.0671. The van der Waals surface area contributed by atoms with Gasteiger partial charge in [0.2, 0.25) is 11.8 Å². The number of halogens is 1. The van der Waals surface area contributed by atoms with Crippen LogP contribution in [-0.2, 0) is 30.3 Å². The summed E-state index contributed by atoms with van der Waals surface area (Å²) in [5, 5.41) is 17.6. The number of thiazole rings is 1. The van der Waals surface area contributed by atoms with Crippen LogP contribution < -0.4 is 10.6 Å². The smallest absolute Gasteiger partial charge is 0.306 e.